The maximum atomic E-state index is 6.07. The first-order valence-electron chi connectivity index (χ1n) is 9.22. The number of hydrogen-bond donors (Lipinski definition) is 1. The SMILES string of the molecule is CCCCNc1cc(C(C)(C)C)nc2c(-c3ccc(Cl)cc3)c(C)nn12. The second-order valence-electron chi connectivity index (χ2n) is 7.76. The first-order chi connectivity index (χ1) is 12.3. The van der Waals surface area contributed by atoms with Gasteiger partial charge in [-0.05, 0) is 31.0 Å². The fourth-order valence-corrected chi connectivity index (χ4v) is 3.11. The number of aryl methyl sites for hydroxylation is 1. The van der Waals surface area contributed by atoms with E-state index >= 15 is 0 Å². The molecule has 0 aliphatic heterocycles. The summed E-state index contributed by atoms with van der Waals surface area (Å²) in [5, 5.41) is 9.04. The molecule has 1 aromatic carbocycles. The van der Waals surface area contributed by atoms with E-state index in [0.717, 1.165) is 58.4 Å². The van der Waals surface area contributed by atoms with E-state index in [1.807, 2.05) is 35.7 Å². The molecule has 0 unspecified atom stereocenters. The molecule has 4 nitrogen and oxygen atoms in total. The highest BCUT2D eigenvalue weighted by atomic mass is 35.5. The maximum Gasteiger partial charge on any atom is 0.165 e. The van der Waals surface area contributed by atoms with Crippen LogP contribution in [0.1, 0.15) is 51.9 Å². The minimum atomic E-state index is -0.0433. The van der Waals surface area contributed by atoms with Gasteiger partial charge in [0.1, 0.15) is 5.82 Å². The Labute approximate surface area is 160 Å². The molecule has 3 rings (SSSR count). The smallest absolute Gasteiger partial charge is 0.165 e. The molecule has 0 saturated heterocycles. The van der Waals surface area contributed by atoms with Crippen molar-refractivity contribution < 1.29 is 0 Å². The number of halogens is 1. The van der Waals surface area contributed by atoms with Crippen molar-refractivity contribution in [2.24, 2.45) is 0 Å². The number of fused-ring (bicyclic) bond motifs is 1. The van der Waals surface area contributed by atoms with Crippen molar-refractivity contribution in [2.75, 3.05) is 11.9 Å². The predicted molar refractivity (Wildman–Crippen MR) is 110 cm³/mol. The summed E-state index contributed by atoms with van der Waals surface area (Å²) >= 11 is 6.07. The number of nitrogens with one attached hydrogen (secondary N) is 1. The molecule has 0 radical (unpaired) electrons. The van der Waals surface area contributed by atoms with Crippen LogP contribution in [0, 0.1) is 6.92 Å². The number of hydrogen-bond acceptors (Lipinski definition) is 3. The average molecular weight is 371 g/mol. The molecule has 0 aliphatic rings. The molecule has 1 N–H and O–H groups in total. The normalized spacial score (nSPS) is 11.9. The van der Waals surface area contributed by atoms with Crippen LogP contribution in [0.2, 0.25) is 5.02 Å². The van der Waals surface area contributed by atoms with Gasteiger partial charge in [-0.3, -0.25) is 0 Å². The lowest BCUT2D eigenvalue weighted by atomic mass is 9.92. The summed E-state index contributed by atoms with van der Waals surface area (Å²) in [4.78, 5) is 4.98. The van der Waals surface area contributed by atoms with Gasteiger partial charge in [0.25, 0.3) is 0 Å². The van der Waals surface area contributed by atoms with Crippen LogP contribution in [0.5, 0.6) is 0 Å². The number of unbranched alkanes of at least 4 members (excludes halogenated alkanes) is 1. The summed E-state index contributed by atoms with van der Waals surface area (Å²) in [5.41, 5.74) is 5.00. The third-order valence-electron chi connectivity index (χ3n) is 4.50. The molecule has 3 aromatic rings. The minimum Gasteiger partial charge on any atom is -0.370 e. The highest BCUT2D eigenvalue weighted by molar-refractivity contribution is 6.30. The molecule has 0 atom stereocenters. The Morgan fingerprint density at radius 2 is 1.85 bits per heavy atom. The zero-order valence-electron chi connectivity index (χ0n) is 16.2. The first kappa shape index (κ1) is 18.7. The van der Waals surface area contributed by atoms with Gasteiger partial charge in [0.15, 0.2) is 5.65 Å². The maximum absolute atomic E-state index is 6.07. The van der Waals surface area contributed by atoms with Gasteiger partial charge >= 0.3 is 0 Å². The molecule has 0 aliphatic carbocycles. The van der Waals surface area contributed by atoms with Crippen LogP contribution in [0.4, 0.5) is 5.82 Å². The van der Waals surface area contributed by atoms with E-state index in [0.29, 0.717) is 0 Å². The molecule has 5 heteroatoms. The molecule has 138 valence electrons. The Morgan fingerprint density at radius 1 is 1.15 bits per heavy atom. The van der Waals surface area contributed by atoms with Crippen molar-refractivity contribution in [3.05, 3.63) is 46.7 Å². The van der Waals surface area contributed by atoms with E-state index < -0.39 is 0 Å². The van der Waals surface area contributed by atoms with Gasteiger partial charge in [-0.2, -0.15) is 9.61 Å². The zero-order chi connectivity index (χ0) is 18.9. The van der Waals surface area contributed by atoms with Gasteiger partial charge in [-0.15, -0.1) is 0 Å². The third-order valence-corrected chi connectivity index (χ3v) is 4.75. The summed E-state index contributed by atoms with van der Waals surface area (Å²) in [6.45, 7) is 11.7. The van der Waals surface area contributed by atoms with Crippen molar-refractivity contribution in [1.82, 2.24) is 14.6 Å². The second-order valence-corrected chi connectivity index (χ2v) is 8.20. The van der Waals surface area contributed by atoms with Crippen LogP contribution in [0.15, 0.2) is 30.3 Å². The molecule has 0 fully saturated rings. The molecule has 0 saturated carbocycles. The summed E-state index contributed by atoms with van der Waals surface area (Å²) in [5.74, 6) is 0.997. The lowest BCUT2D eigenvalue weighted by Gasteiger charge is -2.20. The highest BCUT2D eigenvalue weighted by Crippen LogP contribution is 2.32. The second kappa shape index (κ2) is 7.28. The van der Waals surface area contributed by atoms with E-state index in [2.05, 4.69) is 39.1 Å². The van der Waals surface area contributed by atoms with Crippen LogP contribution >= 0.6 is 11.6 Å². The van der Waals surface area contributed by atoms with Gasteiger partial charge < -0.3 is 5.32 Å². The Balaban J connectivity index is 2.21. The zero-order valence-corrected chi connectivity index (χ0v) is 17.0. The highest BCUT2D eigenvalue weighted by Gasteiger charge is 2.22. The van der Waals surface area contributed by atoms with Gasteiger partial charge in [-0.1, -0.05) is 57.8 Å². The molecule has 26 heavy (non-hydrogen) atoms. The lowest BCUT2D eigenvalue weighted by molar-refractivity contribution is 0.568. The van der Waals surface area contributed by atoms with Crippen LogP contribution in [0.25, 0.3) is 16.8 Å². The number of anilines is 1. The van der Waals surface area contributed by atoms with Gasteiger partial charge in [0, 0.05) is 28.6 Å². The topological polar surface area (TPSA) is 42.2 Å². The Hall–Kier alpha value is -2.07. The van der Waals surface area contributed by atoms with E-state index in [1.54, 1.807) is 0 Å². The van der Waals surface area contributed by atoms with Crippen LogP contribution in [-0.2, 0) is 5.41 Å². The van der Waals surface area contributed by atoms with Gasteiger partial charge in [-0.25, -0.2) is 4.98 Å². The van der Waals surface area contributed by atoms with Crippen molar-refractivity contribution in [2.45, 2.75) is 52.9 Å². The third kappa shape index (κ3) is 3.70. The van der Waals surface area contributed by atoms with Crippen molar-refractivity contribution >= 4 is 23.1 Å². The average Bonchev–Trinajstić information content (AvgIpc) is 2.91. The Morgan fingerprint density at radius 3 is 2.46 bits per heavy atom. The van der Waals surface area contributed by atoms with Crippen molar-refractivity contribution in [3.63, 3.8) is 0 Å². The molecule has 0 bridgehead atoms. The Bertz CT molecular complexity index is 904. The lowest BCUT2D eigenvalue weighted by Crippen LogP contribution is -2.17. The monoisotopic (exact) mass is 370 g/mol. The fourth-order valence-electron chi connectivity index (χ4n) is 2.98. The number of rotatable bonds is 5. The van der Waals surface area contributed by atoms with Crippen molar-refractivity contribution in [1.29, 1.82) is 0 Å². The minimum absolute atomic E-state index is 0.0433. The predicted octanol–water partition coefficient (Wildman–Crippen LogP) is 5.87. The summed E-state index contributed by atoms with van der Waals surface area (Å²) in [7, 11) is 0. The van der Waals surface area contributed by atoms with Crippen LogP contribution < -0.4 is 5.32 Å². The van der Waals surface area contributed by atoms with E-state index in [-0.39, 0.29) is 5.41 Å². The quantitative estimate of drug-likeness (QED) is 0.571. The Kier molecular flexibility index (Phi) is 5.24. The summed E-state index contributed by atoms with van der Waals surface area (Å²) in [6.07, 6.45) is 2.28. The van der Waals surface area contributed by atoms with Crippen LogP contribution in [-0.4, -0.2) is 21.1 Å². The largest absolute Gasteiger partial charge is 0.370 e. The van der Waals surface area contributed by atoms with Crippen molar-refractivity contribution in [3.8, 4) is 11.1 Å². The molecule has 2 aromatic heterocycles. The van der Waals surface area contributed by atoms with Gasteiger partial charge in [0.05, 0.1) is 11.4 Å². The molecule has 0 spiro atoms. The standard InChI is InChI=1S/C21H27ClN4/c1-6-7-12-23-18-13-17(21(3,4)5)24-20-19(14(2)25-26(18)20)15-8-10-16(22)11-9-15/h8-11,13,23H,6-7,12H2,1-5H3. The summed E-state index contributed by atoms with van der Waals surface area (Å²) in [6, 6.07) is 10.0. The molecule has 0 amide bonds. The molecular weight excluding hydrogens is 344 g/mol. The molecular formula is C21H27ClN4. The van der Waals surface area contributed by atoms with E-state index in [9.17, 15) is 0 Å². The molecule has 2 heterocycles. The van der Waals surface area contributed by atoms with E-state index in [4.69, 9.17) is 21.7 Å². The van der Waals surface area contributed by atoms with E-state index in [1.165, 1.54) is 0 Å². The fraction of sp³-hybridized carbons (Fsp3) is 0.429. The number of aromatic nitrogens is 3. The van der Waals surface area contributed by atoms with Crippen LogP contribution in [0.3, 0.4) is 0 Å². The number of benzene rings is 1. The summed E-state index contributed by atoms with van der Waals surface area (Å²) < 4.78 is 1.93. The number of nitrogens with zero attached hydrogens (tertiary/aromatic N) is 3. The van der Waals surface area contributed by atoms with Gasteiger partial charge in [0.2, 0.25) is 0 Å². The first-order valence-corrected chi connectivity index (χ1v) is 9.59.